The molecular weight excluding hydrogens is 250 g/mol. The van der Waals surface area contributed by atoms with Gasteiger partial charge in [0.2, 0.25) is 5.91 Å². The van der Waals surface area contributed by atoms with Crippen LogP contribution in [0.5, 0.6) is 0 Å². The molecule has 0 aliphatic carbocycles. The zero-order chi connectivity index (χ0) is 13.8. The number of halogens is 1. The molecular formula is C14H20ClNO2. The lowest BCUT2D eigenvalue weighted by molar-refractivity contribution is -0.122. The van der Waals surface area contributed by atoms with Gasteiger partial charge < -0.3 is 10.1 Å². The molecule has 18 heavy (non-hydrogen) atoms. The summed E-state index contributed by atoms with van der Waals surface area (Å²) in [5.74, 6) is -0.182. The second kappa shape index (κ2) is 6.21. The Balaban J connectivity index is 2.80. The minimum Gasteiger partial charge on any atom is -0.380 e. The molecule has 0 aliphatic heterocycles. The fourth-order valence-electron chi connectivity index (χ4n) is 1.59. The maximum atomic E-state index is 12.0. The fraction of sp³-hybridized carbons (Fsp3) is 0.500. The predicted molar refractivity (Wildman–Crippen MR) is 73.6 cm³/mol. The Morgan fingerprint density at radius 1 is 1.44 bits per heavy atom. The molecule has 3 nitrogen and oxygen atoms in total. The van der Waals surface area contributed by atoms with Crippen LogP contribution in [0.25, 0.3) is 0 Å². The topological polar surface area (TPSA) is 38.3 Å². The third kappa shape index (κ3) is 4.67. The Hall–Kier alpha value is -1.06. The van der Waals surface area contributed by atoms with Crippen molar-refractivity contribution in [2.75, 3.05) is 7.11 Å². The second-order valence-electron chi connectivity index (χ2n) is 5.28. The van der Waals surface area contributed by atoms with Gasteiger partial charge in [-0.1, -0.05) is 24.3 Å². The van der Waals surface area contributed by atoms with E-state index in [1.807, 2.05) is 45.0 Å². The van der Waals surface area contributed by atoms with E-state index in [0.29, 0.717) is 6.61 Å². The fourth-order valence-corrected chi connectivity index (χ4v) is 1.78. The van der Waals surface area contributed by atoms with Gasteiger partial charge >= 0.3 is 0 Å². The molecule has 0 heterocycles. The molecule has 1 aromatic carbocycles. The molecule has 0 aliphatic rings. The largest absolute Gasteiger partial charge is 0.380 e. The van der Waals surface area contributed by atoms with Gasteiger partial charge in [-0.05, 0) is 31.9 Å². The molecule has 0 saturated heterocycles. The third-order valence-corrected chi connectivity index (χ3v) is 2.73. The third-order valence-electron chi connectivity index (χ3n) is 2.28. The Labute approximate surface area is 113 Å². The van der Waals surface area contributed by atoms with E-state index < -0.39 is 5.38 Å². The van der Waals surface area contributed by atoms with E-state index in [9.17, 15) is 4.79 Å². The van der Waals surface area contributed by atoms with Crippen molar-refractivity contribution < 1.29 is 9.53 Å². The lowest BCUT2D eigenvalue weighted by Gasteiger charge is -2.22. The van der Waals surface area contributed by atoms with E-state index in [-0.39, 0.29) is 11.4 Å². The van der Waals surface area contributed by atoms with Gasteiger partial charge in [-0.25, -0.2) is 0 Å². The first-order chi connectivity index (χ1) is 8.33. The van der Waals surface area contributed by atoms with Crippen LogP contribution in [0.4, 0.5) is 0 Å². The molecule has 0 spiro atoms. The average molecular weight is 270 g/mol. The summed E-state index contributed by atoms with van der Waals surface area (Å²) >= 11 is 6.18. The van der Waals surface area contributed by atoms with E-state index >= 15 is 0 Å². The van der Waals surface area contributed by atoms with Crippen molar-refractivity contribution in [1.82, 2.24) is 5.32 Å². The number of methoxy groups -OCH3 is 1. The van der Waals surface area contributed by atoms with Gasteiger partial charge in [0, 0.05) is 12.6 Å². The van der Waals surface area contributed by atoms with Crippen molar-refractivity contribution in [2.45, 2.75) is 38.3 Å². The number of hydrogen-bond acceptors (Lipinski definition) is 2. The predicted octanol–water partition coefficient (Wildman–Crippen LogP) is 3.03. The Bertz CT molecular complexity index is 413. The highest BCUT2D eigenvalue weighted by molar-refractivity contribution is 6.30. The van der Waals surface area contributed by atoms with Crippen molar-refractivity contribution in [1.29, 1.82) is 0 Å². The first kappa shape index (κ1) is 15.0. The van der Waals surface area contributed by atoms with Gasteiger partial charge in [-0.3, -0.25) is 4.79 Å². The molecule has 0 radical (unpaired) electrons. The summed E-state index contributed by atoms with van der Waals surface area (Å²) in [4.78, 5) is 12.0. The molecule has 0 bridgehead atoms. The summed E-state index contributed by atoms with van der Waals surface area (Å²) in [5, 5.41) is 2.19. The first-order valence-corrected chi connectivity index (χ1v) is 6.31. The molecule has 0 fully saturated rings. The summed E-state index contributed by atoms with van der Waals surface area (Å²) in [7, 11) is 1.64. The Morgan fingerprint density at radius 3 is 2.67 bits per heavy atom. The number of carbonyl (C=O) groups is 1. The van der Waals surface area contributed by atoms with Crippen LogP contribution in [0.3, 0.4) is 0 Å². The highest BCUT2D eigenvalue weighted by Crippen LogP contribution is 2.22. The number of alkyl halides is 1. The van der Waals surface area contributed by atoms with Crippen LogP contribution in [0, 0.1) is 0 Å². The van der Waals surface area contributed by atoms with E-state index in [0.717, 1.165) is 11.1 Å². The number of carbonyl (C=O) groups excluding carboxylic acids is 1. The van der Waals surface area contributed by atoms with Crippen molar-refractivity contribution in [3.8, 4) is 0 Å². The highest BCUT2D eigenvalue weighted by Gasteiger charge is 2.22. The SMILES string of the molecule is COCc1cccc(C(Cl)C(=O)NC(C)(C)C)c1. The standard InChI is InChI=1S/C14H20ClNO2/c1-14(2,3)16-13(17)12(15)11-7-5-6-10(8-11)9-18-4/h5-8,12H,9H2,1-4H3,(H,16,17). The molecule has 4 heteroatoms. The number of benzene rings is 1. The molecule has 1 N–H and O–H groups in total. The van der Waals surface area contributed by atoms with Crippen LogP contribution in [-0.4, -0.2) is 18.6 Å². The van der Waals surface area contributed by atoms with Crippen LogP contribution >= 0.6 is 11.6 Å². The van der Waals surface area contributed by atoms with Gasteiger partial charge in [0.25, 0.3) is 0 Å². The molecule has 0 aromatic heterocycles. The Kier molecular flexibility index (Phi) is 5.17. The molecule has 1 unspecified atom stereocenters. The van der Waals surface area contributed by atoms with Crippen LogP contribution in [0.2, 0.25) is 0 Å². The molecule has 1 amide bonds. The summed E-state index contributed by atoms with van der Waals surface area (Å²) in [5.41, 5.74) is 1.51. The minimum absolute atomic E-state index is 0.182. The van der Waals surface area contributed by atoms with Gasteiger partial charge in [0.15, 0.2) is 0 Å². The molecule has 1 aromatic rings. The zero-order valence-electron chi connectivity index (χ0n) is 11.3. The number of nitrogens with one attached hydrogen (secondary N) is 1. The lowest BCUT2D eigenvalue weighted by atomic mass is 10.1. The van der Waals surface area contributed by atoms with E-state index in [1.54, 1.807) is 7.11 Å². The van der Waals surface area contributed by atoms with Gasteiger partial charge in [0.1, 0.15) is 5.38 Å². The van der Waals surface area contributed by atoms with E-state index in [2.05, 4.69) is 5.32 Å². The van der Waals surface area contributed by atoms with Crippen LogP contribution < -0.4 is 5.32 Å². The van der Waals surface area contributed by atoms with Crippen molar-refractivity contribution >= 4 is 17.5 Å². The first-order valence-electron chi connectivity index (χ1n) is 5.87. The van der Waals surface area contributed by atoms with Crippen LogP contribution in [-0.2, 0) is 16.1 Å². The summed E-state index contributed by atoms with van der Waals surface area (Å²) in [6.45, 7) is 6.29. The average Bonchev–Trinajstić information content (AvgIpc) is 2.26. The van der Waals surface area contributed by atoms with E-state index in [4.69, 9.17) is 16.3 Å². The molecule has 1 rings (SSSR count). The monoisotopic (exact) mass is 269 g/mol. The maximum Gasteiger partial charge on any atom is 0.242 e. The zero-order valence-corrected chi connectivity index (χ0v) is 12.0. The number of hydrogen-bond donors (Lipinski definition) is 1. The van der Waals surface area contributed by atoms with E-state index in [1.165, 1.54) is 0 Å². The number of rotatable bonds is 4. The van der Waals surface area contributed by atoms with Gasteiger partial charge in [0.05, 0.1) is 6.61 Å². The Morgan fingerprint density at radius 2 is 2.11 bits per heavy atom. The number of ether oxygens (including phenoxy) is 1. The van der Waals surface area contributed by atoms with Crippen LogP contribution in [0.15, 0.2) is 24.3 Å². The second-order valence-corrected chi connectivity index (χ2v) is 5.72. The summed E-state index contributed by atoms with van der Waals surface area (Å²) in [6.07, 6.45) is 0. The normalized spacial score (nSPS) is 13.2. The molecule has 100 valence electrons. The smallest absolute Gasteiger partial charge is 0.242 e. The minimum atomic E-state index is -0.680. The number of amides is 1. The van der Waals surface area contributed by atoms with Gasteiger partial charge in [-0.2, -0.15) is 0 Å². The van der Waals surface area contributed by atoms with Crippen molar-refractivity contribution in [3.63, 3.8) is 0 Å². The highest BCUT2D eigenvalue weighted by atomic mass is 35.5. The lowest BCUT2D eigenvalue weighted by Crippen LogP contribution is -2.42. The molecule has 0 saturated carbocycles. The summed E-state index contributed by atoms with van der Waals surface area (Å²) < 4.78 is 5.06. The van der Waals surface area contributed by atoms with Crippen molar-refractivity contribution in [2.24, 2.45) is 0 Å². The van der Waals surface area contributed by atoms with Crippen LogP contribution in [0.1, 0.15) is 37.3 Å². The molecule has 1 atom stereocenters. The van der Waals surface area contributed by atoms with Crippen molar-refractivity contribution in [3.05, 3.63) is 35.4 Å². The van der Waals surface area contributed by atoms with Gasteiger partial charge in [-0.15, -0.1) is 11.6 Å². The quantitative estimate of drug-likeness (QED) is 0.854. The maximum absolute atomic E-state index is 12.0. The summed E-state index contributed by atoms with van der Waals surface area (Å²) in [6, 6.07) is 7.56.